The number of anilines is 1. The molecule has 3 rings (SSSR count). The molecule has 0 bridgehead atoms. The number of halogens is 2. The first kappa shape index (κ1) is 25.0. The van der Waals surface area contributed by atoms with Crippen LogP contribution in [-0.4, -0.2) is 63.7 Å². The summed E-state index contributed by atoms with van der Waals surface area (Å²) in [5, 5.41) is 2.63. The highest BCUT2D eigenvalue weighted by molar-refractivity contribution is 5.88. The molecule has 1 unspecified atom stereocenters. The van der Waals surface area contributed by atoms with E-state index in [1.807, 2.05) is 0 Å². The van der Waals surface area contributed by atoms with Crippen LogP contribution in [0.1, 0.15) is 34.6 Å². The number of nitrogens with zero attached hydrogens (tertiary/aromatic N) is 4. The molecule has 174 valence electrons. The van der Waals surface area contributed by atoms with Crippen LogP contribution in [-0.2, 0) is 4.74 Å². The number of carbonyl (C=O) groups excluding carboxylic acids is 2. The molecule has 0 radical (unpaired) electrons. The third-order valence-corrected chi connectivity index (χ3v) is 4.73. The van der Waals surface area contributed by atoms with Gasteiger partial charge < -0.3 is 14.5 Å². The molecule has 1 aliphatic rings. The Hall–Kier alpha value is -3.30. The molecule has 0 spiro atoms. The number of hydrogen-bond donors (Lipinski definition) is 1. The first-order valence-electron chi connectivity index (χ1n) is 9.82. The molecule has 2 aromatic rings. The van der Waals surface area contributed by atoms with Crippen LogP contribution in [0.2, 0.25) is 0 Å². The largest absolute Gasteiger partial charge is 0.444 e. The lowest BCUT2D eigenvalue weighted by molar-refractivity contribution is 0.0285. The molecular formula is C22H29F2N5O3. The van der Waals surface area contributed by atoms with E-state index in [1.54, 1.807) is 32.7 Å². The van der Waals surface area contributed by atoms with Crippen LogP contribution in [0.3, 0.4) is 0 Å². The summed E-state index contributed by atoms with van der Waals surface area (Å²) in [6.45, 7) is 6.27. The molecule has 0 aliphatic carbocycles. The van der Waals surface area contributed by atoms with E-state index < -0.39 is 29.4 Å². The lowest BCUT2D eigenvalue weighted by Gasteiger charge is -2.26. The zero-order valence-corrected chi connectivity index (χ0v) is 17.9. The van der Waals surface area contributed by atoms with Gasteiger partial charge in [-0.2, -0.15) is 0 Å². The summed E-state index contributed by atoms with van der Waals surface area (Å²) in [7, 11) is 1.63. The van der Waals surface area contributed by atoms with Crippen LogP contribution in [0.15, 0.2) is 30.6 Å². The Balaban J connectivity index is 0.00000363. The molecule has 1 aromatic heterocycles. The molecule has 8 nitrogen and oxygen atoms in total. The number of amides is 3. The Morgan fingerprint density at radius 2 is 1.81 bits per heavy atom. The van der Waals surface area contributed by atoms with Crippen molar-refractivity contribution >= 4 is 17.9 Å². The Bertz CT molecular complexity index is 943. The van der Waals surface area contributed by atoms with E-state index in [0.29, 0.717) is 19.5 Å². The highest BCUT2D eigenvalue weighted by Gasteiger charge is 2.33. The third-order valence-electron chi connectivity index (χ3n) is 4.73. The average molecular weight is 450 g/mol. The van der Waals surface area contributed by atoms with Crippen LogP contribution in [0.4, 0.5) is 24.2 Å². The van der Waals surface area contributed by atoms with Crippen molar-refractivity contribution in [1.29, 1.82) is 0 Å². The van der Waals surface area contributed by atoms with Crippen molar-refractivity contribution in [3.8, 4) is 11.3 Å². The van der Waals surface area contributed by atoms with Crippen molar-refractivity contribution in [2.45, 2.75) is 46.3 Å². The smallest absolute Gasteiger partial charge is 0.410 e. The quantitative estimate of drug-likeness (QED) is 0.744. The molecular weight excluding hydrogens is 420 g/mol. The summed E-state index contributed by atoms with van der Waals surface area (Å²) >= 11 is 0. The molecule has 1 atom stereocenters. The van der Waals surface area contributed by atoms with Gasteiger partial charge in [0.05, 0.1) is 24.1 Å². The number of carbonyl (C=O) groups is 2. The zero-order chi connectivity index (χ0) is 22.8. The van der Waals surface area contributed by atoms with E-state index in [-0.39, 0.29) is 30.5 Å². The molecule has 2 heterocycles. The van der Waals surface area contributed by atoms with Gasteiger partial charge in [-0.1, -0.05) is 7.43 Å². The number of hydrogen-bond acceptors (Lipinski definition) is 5. The molecule has 1 aromatic carbocycles. The van der Waals surface area contributed by atoms with E-state index in [4.69, 9.17) is 4.74 Å². The Morgan fingerprint density at radius 3 is 2.38 bits per heavy atom. The maximum atomic E-state index is 13.4. The number of likely N-dealkylation sites (N-methyl/N-ethyl adjacent to an activating group) is 1. The minimum absolute atomic E-state index is 0. The monoisotopic (exact) mass is 449 g/mol. The molecule has 32 heavy (non-hydrogen) atoms. The van der Waals surface area contributed by atoms with E-state index >= 15 is 0 Å². The Kier molecular flexibility index (Phi) is 7.71. The van der Waals surface area contributed by atoms with Gasteiger partial charge in [-0.3, -0.25) is 10.3 Å². The summed E-state index contributed by atoms with van der Waals surface area (Å²) in [6.07, 6.45) is 2.85. The molecule has 1 saturated heterocycles. The second-order valence-electron chi connectivity index (χ2n) is 8.35. The molecule has 1 fully saturated rings. The summed E-state index contributed by atoms with van der Waals surface area (Å²) in [4.78, 5) is 36.0. The van der Waals surface area contributed by atoms with Gasteiger partial charge >= 0.3 is 12.1 Å². The van der Waals surface area contributed by atoms with Gasteiger partial charge in [0, 0.05) is 31.8 Å². The van der Waals surface area contributed by atoms with Crippen molar-refractivity contribution in [3.63, 3.8) is 0 Å². The van der Waals surface area contributed by atoms with Crippen molar-refractivity contribution in [2.75, 3.05) is 25.5 Å². The van der Waals surface area contributed by atoms with Gasteiger partial charge in [0.1, 0.15) is 17.2 Å². The fourth-order valence-corrected chi connectivity index (χ4v) is 3.16. The average Bonchev–Trinajstić information content (AvgIpc) is 3.16. The van der Waals surface area contributed by atoms with E-state index in [2.05, 4.69) is 15.3 Å². The predicted octanol–water partition coefficient (Wildman–Crippen LogP) is 4.53. The summed E-state index contributed by atoms with van der Waals surface area (Å²) in [5.74, 6) is -1.24. The Morgan fingerprint density at radius 1 is 1.16 bits per heavy atom. The van der Waals surface area contributed by atoms with Crippen molar-refractivity contribution < 1.29 is 23.1 Å². The summed E-state index contributed by atoms with van der Waals surface area (Å²) in [6, 6.07) is 2.49. The minimum atomic E-state index is -0.715. The number of rotatable bonds is 3. The van der Waals surface area contributed by atoms with Crippen LogP contribution in [0.25, 0.3) is 11.3 Å². The third kappa shape index (κ3) is 6.35. The lowest BCUT2D eigenvalue weighted by Crippen LogP contribution is -2.43. The van der Waals surface area contributed by atoms with Gasteiger partial charge in [-0.15, -0.1) is 0 Å². The van der Waals surface area contributed by atoms with Crippen LogP contribution < -0.4 is 5.32 Å². The number of urea groups is 1. The second kappa shape index (κ2) is 9.88. The first-order chi connectivity index (χ1) is 14.5. The first-order valence-corrected chi connectivity index (χ1v) is 9.82. The summed E-state index contributed by atoms with van der Waals surface area (Å²) in [5.41, 5.74) is -0.0673. The van der Waals surface area contributed by atoms with Crippen molar-refractivity contribution in [1.82, 2.24) is 19.8 Å². The number of benzene rings is 1. The molecule has 0 saturated carbocycles. The number of likely N-dealkylation sites (tertiary alicyclic amines) is 1. The highest BCUT2D eigenvalue weighted by Crippen LogP contribution is 2.21. The van der Waals surface area contributed by atoms with Crippen LogP contribution in [0, 0.1) is 11.6 Å². The van der Waals surface area contributed by atoms with Crippen LogP contribution in [0.5, 0.6) is 0 Å². The van der Waals surface area contributed by atoms with E-state index in [0.717, 1.165) is 18.2 Å². The second-order valence-corrected chi connectivity index (χ2v) is 8.35. The Labute approximate surface area is 186 Å². The lowest BCUT2D eigenvalue weighted by atomic mass is 10.1. The van der Waals surface area contributed by atoms with Gasteiger partial charge in [0.25, 0.3) is 0 Å². The van der Waals surface area contributed by atoms with E-state index in [9.17, 15) is 18.4 Å². The standard InChI is InChI=1S/C21H25F2N5O3.CH4/c1-21(2,3)31-20(30)28-6-5-16(12-28)27(4)19(29)26-18-11-24-17(10-25-18)13-7-14(22)9-15(23)8-13;/h7-11,16H,5-6,12H2,1-4H3,(H,25,26,29);1H4. The van der Waals surface area contributed by atoms with E-state index in [1.165, 1.54) is 17.3 Å². The molecule has 3 amide bonds. The fourth-order valence-electron chi connectivity index (χ4n) is 3.16. The molecule has 1 aliphatic heterocycles. The van der Waals surface area contributed by atoms with Gasteiger partial charge in [0.2, 0.25) is 0 Å². The maximum absolute atomic E-state index is 13.4. The van der Waals surface area contributed by atoms with Crippen LogP contribution >= 0.6 is 0 Å². The number of nitrogens with one attached hydrogen (secondary N) is 1. The summed E-state index contributed by atoms with van der Waals surface area (Å²) < 4.78 is 32.1. The minimum Gasteiger partial charge on any atom is -0.444 e. The van der Waals surface area contributed by atoms with Crippen molar-refractivity contribution in [2.24, 2.45) is 0 Å². The number of ether oxygens (including phenoxy) is 1. The highest BCUT2D eigenvalue weighted by atomic mass is 19.1. The zero-order valence-electron chi connectivity index (χ0n) is 17.9. The normalized spacial score (nSPS) is 15.7. The number of aromatic nitrogens is 2. The predicted molar refractivity (Wildman–Crippen MR) is 117 cm³/mol. The fraction of sp³-hybridized carbons (Fsp3) is 0.455. The SMILES string of the molecule is C.CN(C(=O)Nc1cnc(-c2cc(F)cc(F)c2)cn1)C1CCN(C(=O)OC(C)(C)C)C1. The molecule has 10 heteroatoms. The van der Waals surface area contributed by atoms with Crippen molar-refractivity contribution in [3.05, 3.63) is 42.2 Å². The molecule has 1 N–H and O–H groups in total. The van der Waals surface area contributed by atoms with Gasteiger partial charge in [0.15, 0.2) is 5.82 Å². The maximum Gasteiger partial charge on any atom is 0.410 e. The van der Waals surface area contributed by atoms with Gasteiger partial charge in [-0.05, 0) is 39.3 Å². The van der Waals surface area contributed by atoms with Gasteiger partial charge in [-0.25, -0.2) is 23.4 Å². The topological polar surface area (TPSA) is 87.7 Å².